The Morgan fingerprint density at radius 2 is 1.37 bits per heavy atom. The molecule has 0 N–H and O–H groups in total. The molecule has 100 valence electrons. The van der Waals surface area contributed by atoms with Crippen molar-refractivity contribution >= 4 is 28.8 Å². The molecule has 0 heterocycles. The summed E-state index contributed by atoms with van der Waals surface area (Å²) in [6.45, 7) is 6.63. The molecule has 2 heteroatoms. The molecule has 0 fully saturated rings. The summed E-state index contributed by atoms with van der Waals surface area (Å²) in [5.74, 6) is 0. The van der Waals surface area contributed by atoms with Crippen LogP contribution < -0.4 is 10.4 Å². The predicted octanol–water partition coefficient (Wildman–Crippen LogP) is 3.74. The normalized spacial score (nSPS) is 14.1. The summed E-state index contributed by atoms with van der Waals surface area (Å²) in [7, 11) is -2.08. The van der Waals surface area contributed by atoms with Gasteiger partial charge in [0.25, 0.3) is 0 Å². The molecule has 0 radical (unpaired) electrons. The Kier molecular flexibility index (Phi) is 4.49. The molecule has 19 heavy (non-hydrogen) atoms. The number of hydrogen-bond donors (Lipinski definition) is 0. The van der Waals surface area contributed by atoms with Gasteiger partial charge in [-0.3, -0.25) is 0 Å². The molecule has 0 aliphatic heterocycles. The molecule has 2 aromatic carbocycles. The highest BCUT2D eigenvalue weighted by Gasteiger charge is 2.29. The fourth-order valence-electron chi connectivity index (χ4n) is 2.36. The fourth-order valence-corrected chi connectivity index (χ4v) is 5.13. The Hall–Kier alpha value is -1.05. The van der Waals surface area contributed by atoms with E-state index in [0.29, 0.717) is 0 Å². The van der Waals surface area contributed by atoms with E-state index < -0.39 is 7.38 Å². The van der Waals surface area contributed by atoms with Gasteiger partial charge in [-0.25, -0.2) is 0 Å². The van der Waals surface area contributed by atoms with Crippen LogP contribution in [0.2, 0.25) is 6.55 Å². The van der Waals surface area contributed by atoms with Crippen LogP contribution in [0.15, 0.2) is 48.5 Å². The Labute approximate surface area is 122 Å². The summed E-state index contributed by atoms with van der Waals surface area (Å²) < 4.78 is 0. The van der Waals surface area contributed by atoms with Gasteiger partial charge in [-0.05, 0) is 40.9 Å². The Balaban J connectivity index is 2.51. The van der Waals surface area contributed by atoms with Gasteiger partial charge in [0.15, 0.2) is 0 Å². The zero-order valence-corrected chi connectivity index (χ0v) is 13.7. The maximum Gasteiger partial charge on any atom is 0.214 e. The summed E-state index contributed by atoms with van der Waals surface area (Å²) >= 11 is 6.98. The SMILES string of the molecule is CCc1cc(CC)cc([Si](C)(Cl)c2ccccc2)c1. The third-order valence-electron chi connectivity index (χ3n) is 3.73. The van der Waals surface area contributed by atoms with Gasteiger partial charge in [0.2, 0.25) is 7.38 Å². The van der Waals surface area contributed by atoms with Crippen LogP contribution in [0.25, 0.3) is 0 Å². The second kappa shape index (κ2) is 5.94. The maximum absolute atomic E-state index is 6.98. The third kappa shape index (κ3) is 3.10. The van der Waals surface area contributed by atoms with E-state index in [0.717, 1.165) is 12.8 Å². The maximum atomic E-state index is 6.98. The number of halogens is 1. The zero-order valence-electron chi connectivity index (χ0n) is 11.9. The van der Waals surface area contributed by atoms with Crippen molar-refractivity contribution in [3.63, 3.8) is 0 Å². The van der Waals surface area contributed by atoms with Gasteiger partial charge >= 0.3 is 0 Å². The molecule has 1 atom stereocenters. The molecule has 0 amide bonds. The van der Waals surface area contributed by atoms with E-state index in [1.807, 2.05) is 6.07 Å². The van der Waals surface area contributed by atoms with Gasteiger partial charge in [-0.15, -0.1) is 0 Å². The summed E-state index contributed by atoms with van der Waals surface area (Å²) in [5.41, 5.74) is 2.79. The van der Waals surface area contributed by atoms with E-state index >= 15 is 0 Å². The van der Waals surface area contributed by atoms with E-state index in [1.165, 1.54) is 21.5 Å². The molecule has 0 nitrogen and oxygen atoms in total. The monoisotopic (exact) mass is 288 g/mol. The van der Waals surface area contributed by atoms with E-state index in [-0.39, 0.29) is 0 Å². The van der Waals surface area contributed by atoms with E-state index in [1.54, 1.807) is 0 Å². The summed E-state index contributed by atoms with van der Waals surface area (Å²) in [6.07, 6.45) is 2.13. The van der Waals surface area contributed by atoms with Crippen molar-refractivity contribution in [2.45, 2.75) is 33.2 Å². The first-order valence-corrected chi connectivity index (χ1v) is 10.5. The Bertz CT molecular complexity index is 524. The van der Waals surface area contributed by atoms with Crippen LogP contribution in [0, 0.1) is 0 Å². The lowest BCUT2D eigenvalue weighted by molar-refractivity contribution is 1.09. The second-order valence-corrected chi connectivity index (χ2v) is 10.5. The quantitative estimate of drug-likeness (QED) is 0.594. The van der Waals surface area contributed by atoms with Crippen LogP contribution in [0.1, 0.15) is 25.0 Å². The minimum Gasteiger partial charge on any atom is -0.155 e. The minimum atomic E-state index is -2.08. The first-order valence-electron chi connectivity index (χ1n) is 6.95. The molecule has 0 saturated carbocycles. The third-order valence-corrected chi connectivity index (χ3v) is 7.83. The average molecular weight is 289 g/mol. The molecule has 0 aliphatic rings. The molecule has 0 aromatic heterocycles. The standard InChI is InChI=1S/C17H21ClSi/c1-4-14-11-15(5-2)13-17(12-14)19(3,18)16-9-7-6-8-10-16/h6-13H,4-5H2,1-3H3. The molecule has 2 rings (SSSR count). The predicted molar refractivity (Wildman–Crippen MR) is 88.4 cm³/mol. The molecule has 0 bridgehead atoms. The summed E-state index contributed by atoms with van der Waals surface area (Å²) in [6, 6.07) is 17.4. The van der Waals surface area contributed by atoms with Gasteiger partial charge in [-0.2, -0.15) is 11.1 Å². The van der Waals surface area contributed by atoms with E-state index in [2.05, 4.69) is 62.9 Å². The highest BCUT2D eigenvalue weighted by molar-refractivity contribution is 7.33. The molecular formula is C17H21ClSi. The molecular weight excluding hydrogens is 268 g/mol. The van der Waals surface area contributed by atoms with Crippen molar-refractivity contribution in [1.82, 2.24) is 0 Å². The smallest absolute Gasteiger partial charge is 0.155 e. The van der Waals surface area contributed by atoms with Crippen LogP contribution in [-0.4, -0.2) is 7.38 Å². The average Bonchev–Trinajstić information content (AvgIpc) is 2.47. The highest BCUT2D eigenvalue weighted by atomic mass is 35.6. The van der Waals surface area contributed by atoms with Crippen LogP contribution in [0.4, 0.5) is 0 Å². The Morgan fingerprint density at radius 3 is 1.84 bits per heavy atom. The van der Waals surface area contributed by atoms with Gasteiger partial charge in [-0.1, -0.05) is 62.4 Å². The molecule has 0 aliphatic carbocycles. The summed E-state index contributed by atoms with van der Waals surface area (Å²) in [5, 5.41) is 2.61. The number of benzene rings is 2. The second-order valence-electron chi connectivity index (χ2n) is 5.11. The van der Waals surface area contributed by atoms with Crippen molar-refractivity contribution in [2.75, 3.05) is 0 Å². The first-order chi connectivity index (χ1) is 9.07. The highest BCUT2D eigenvalue weighted by Crippen LogP contribution is 2.14. The van der Waals surface area contributed by atoms with Crippen molar-refractivity contribution in [2.24, 2.45) is 0 Å². The minimum absolute atomic E-state index is 1.07. The van der Waals surface area contributed by atoms with Crippen LogP contribution in [0.3, 0.4) is 0 Å². The number of aryl methyl sites for hydroxylation is 2. The number of hydrogen-bond acceptors (Lipinski definition) is 0. The van der Waals surface area contributed by atoms with Gasteiger partial charge in [0.05, 0.1) is 0 Å². The Morgan fingerprint density at radius 1 is 0.842 bits per heavy atom. The van der Waals surface area contributed by atoms with Crippen molar-refractivity contribution < 1.29 is 0 Å². The van der Waals surface area contributed by atoms with Crippen molar-refractivity contribution in [3.05, 3.63) is 59.7 Å². The van der Waals surface area contributed by atoms with E-state index in [9.17, 15) is 0 Å². The summed E-state index contributed by atoms with van der Waals surface area (Å²) in [4.78, 5) is 0. The lowest BCUT2D eigenvalue weighted by Crippen LogP contribution is -2.50. The lowest BCUT2D eigenvalue weighted by atomic mass is 10.1. The van der Waals surface area contributed by atoms with Crippen LogP contribution in [-0.2, 0) is 12.8 Å². The van der Waals surface area contributed by atoms with Crippen LogP contribution in [0.5, 0.6) is 0 Å². The zero-order chi connectivity index (χ0) is 13.9. The molecule has 0 spiro atoms. The van der Waals surface area contributed by atoms with Gasteiger partial charge in [0.1, 0.15) is 0 Å². The van der Waals surface area contributed by atoms with Gasteiger partial charge in [0, 0.05) is 0 Å². The lowest BCUT2D eigenvalue weighted by Gasteiger charge is -2.22. The molecule has 2 aromatic rings. The van der Waals surface area contributed by atoms with Crippen LogP contribution >= 0.6 is 11.1 Å². The molecule has 0 saturated heterocycles. The van der Waals surface area contributed by atoms with Crippen molar-refractivity contribution in [1.29, 1.82) is 0 Å². The van der Waals surface area contributed by atoms with Gasteiger partial charge < -0.3 is 0 Å². The molecule has 1 unspecified atom stereocenters. The fraction of sp³-hybridized carbons (Fsp3) is 0.294. The van der Waals surface area contributed by atoms with E-state index in [4.69, 9.17) is 11.1 Å². The van der Waals surface area contributed by atoms with Crippen molar-refractivity contribution in [3.8, 4) is 0 Å². The number of rotatable bonds is 4. The topological polar surface area (TPSA) is 0 Å². The largest absolute Gasteiger partial charge is 0.214 e. The first kappa shape index (κ1) is 14.4.